The van der Waals surface area contributed by atoms with E-state index in [0.29, 0.717) is 11.6 Å². The van der Waals surface area contributed by atoms with E-state index in [4.69, 9.17) is 29.9 Å². The average molecular weight is 1510 g/mol. The van der Waals surface area contributed by atoms with Gasteiger partial charge in [0.15, 0.2) is 11.6 Å². The maximum Gasteiger partial charge on any atom is 0.160 e. The summed E-state index contributed by atoms with van der Waals surface area (Å²) in [5.74, 6) is 1.34. The summed E-state index contributed by atoms with van der Waals surface area (Å²) < 4.78 is 0. The van der Waals surface area contributed by atoms with Crippen LogP contribution in [0.4, 0.5) is 0 Å². The van der Waals surface area contributed by atoms with E-state index in [2.05, 4.69) is 276 Å². The molecular weight excluding hydrogens is 1450 g/mol. The lowest BCUT2D eigenvalue weighted by Crippen LogP contribution is -1.96. The third kappa shape index (κ3) is 15.1. The Labute approximate surface area is 678 Å². The van der Waals surface area contributed by atoms with E-state index >= 15 is 0 Å². The first-order valence-electron chi connectivity index (χ1n) is 38.8. The molecule has 0 amide bonds. The van der Waals surface area contributed by atoms with Gasteiger partial charge in [-0.2, -0.15) is 0 Å². The van der Waals surface area contributed by atoms with Gasteiger partial charge in [-0.05, 0) is 185 Å². The minimum absolute atomic E-state index is 0.670. The Morgan fingerprint density at radius 3 is 0.898 bits per heavy atom. The van der Waals surface area contributed by atoms with Crippen molar-refractivity contribution in [1.29, 1.82) is 0 Å². The normalized spacial score (nSPS) is 11.2. The summed E-state index contributed by atoms with van der Waals surface area (Å²) in [6.45, 7) is 0. The molecule has 0 unspecified atom stereocenters. The highest BCUT2D eigenvalue weighted by atomic mass is 14.9. The molecular formula is C104H66N14. The molecule has 0 bridgehead atoms. The largest absolute Gasteiger partial charge is 0.264 e. The molecule has 0 saturated carbocycles. The summed E-state index contributed by atoms with van der Waals surface area (Å²) >= 11 is 0. The molecule has 0 aliphatic carbocycles. The van der Waals surface area contributed by atoms with Gasteiger partial charge < -0.3 is 0 Å². The van der Waals surface area contributed by atoms with Crippen molar-refractivity contribution < 1.29 is 0 Å². The maximum atomic E-state index is 5.13. The second-order valence-corrected chi connectivity index (χ2v) is 28.6. The predicted molar refractivity (Wildman–Crippen MR) is 476 cm³/mol. The van der Waals surface area contributed by atoms with Crippen LogP contribution < -0.4 is 0 Å². The molecule has 0 spiro atoms. The van der Waals surface area contributed by atoms with E-state index < -0.39 is 0 Å². The highest BCUT2D eigenvalue weighted by Gasteiger charge is 2.18. The van der Waals surface area contributed by atoms with Crippen LogP contribution in [0.2, 0.25) is 0 Å². The Morgan fingerprint density at radius 2 is 0.449 bits per heavy atom. The van der Waals surface area contributed by atoms with Gasteiger partial charge in [-0.15, -0.1) is 0 Å². The Bertz CT molecular complexity index is 6920. The molecule has 0 N–H and O–H groups in total. The van der Waals surface area contributed by atoms with Crippen molar-refractivity contribution in [3.63, 3.8) is 0 Å². The van der Waals surface area contributed by atoms with E-state index in [0.717, 1.165) is 194 Å². The lowest BCUT2D eigenvalue weighted by Gasteiger charge is -2.12. The minimum Gasteiger partial charge on any atom is -0.264 e. The van der Waals surface area contributed by atoms with Gasteiger partial charge in [-0.3, -0.25) is 44.9 Å². The van der Waals surface area contributed by atoms with Crippen LogP contribution in [0.25, 0.3) is 211 Å². The summed E-state index contributed by atoms with van der Waals surface area (Å²) in [6, 6.07) is 114. The van der Waals surface area contributed by atoms with E-state index in [1.165, 1.54) is 5.39 Å². The van der Waals surface area contributed by atoms with Crippen LogP contribution in [0.3, 0.4) is 0 Å². The molecule has 12 heterocycles. The molecule has 0 atom stereocenters. The fraction of sp³-hybridized carbons (Fsp3) is 0. The van der Waals surface area contributed by atoms with Crippen molar-refractivity contribution in [2.75, 3.05) is 0 Å². The molecule has 0 aliphatic rings. The molecule has 552 valence electrons. The molecule has 14 heteroatoms. The highest BCUT2D eigenvalue weighted by Crippen LogP contribution is 2.38. The molecule has 0 fully saturated rings. The Morgan fingerprint density at radius 1 is 0.136 bits per heavy atom. The number of pyridine rings is 10. The zero-order valence-corrected chi connectivity index (χ0v) is 63.4. The van der Waals surface area contributed by atoms with Crippen LogP contribution in [0.15, 0.2) is 402 Å². The predicted octanol–water partition coefficient (Wildman–Crippen LogP) is 24.7. The molecule has 14 nitrogen and oxygen atoms in total. The van der Waals surface area contributed by atoms with Crippen molar-refractivity contribution in [3.05, 3.63) is 402 Å². The average Bonchev–Trinajstić information content (AvgIpc) is 0.802. The lowest BCUT2D eigenvalue weighted by molar-refractivity contribution is 1.18. The van der Waals surface area contributed by atoms with Crippen molar-refractivity contribution in [2.45, 2.75) is 0 Å². The Hall–Kier alpha value is -16.3. The van der Waals surface area contributed by atoms with Crippen LogP contribution in [0.1, 0.15) is 0 Å². The SMILES string of the molecule is c1ccc(-c2ccc(-c3cc(-c4ccc5ncccc5c4)nc(-c4ccc5ncccc5c4)c3)cc2)nc1.c1ccc(-c2ccc(-c3cc(-c4ccc5ncccc5c4)nc(-c4ccc5ncccc5c4)n3)cc2)nc1.c1ccc2cc(-c3ccc(-c4nc(-c5ccc6cnccc6c5)cc(-c5ccc6cnccc6c5)n4)cc3)ncc2c1. The topological polar surface area (TPSA) is 180 Å². The molecule has 10 aromatic carbocycles. The van der Waals surface area contributed by atoms with Crippen LogP contribution in [-0.4, -0.2) is 69.8 Å². The first-order valence-corrected chi connectivity index (χ1v) is 38.8. The van der Waals surface area contributed by atoms with Gasteiger partial charge in [0.1, 0.15) is 0 Å². The fourth-order valence-electron chi connectivity index (χ4n) is 14.9. The number of hydrogen-bond donors (Lipinski definition) is 0. The van der Waals surface area contributed by atoms with E-state index in [1.54, 1.807) is 6.20 Å². The third-order valence-electron chi connectivity index (χ3n) is 21.1. The quantitative estimate of drug-likeness (QED) is 0.113. The van der Waals surface area contributed by atoms with Gasteiger partial charge >= 0.3 is 0 Å². The van der Waals surface area contributed by atoms with Crippen molar-refractivity contribution in [2.24, 2.45) is 0 Å². The van der Waals surface area contributed by atoms with Crippen LogP contribution in [0.5, 0.6) is 0 Å². The van der Waals surface area contributed by atoms with Gasteiger partial charge in [0.25, 0.3) is 0 Å². The van der Waals surface area contributed by atoms with E-state index in [1.807, 2.05) is 159 Å². The monoisotopic (exact) mass is 1510 g/mol. The van der Waals surface area contributed by atoms with Gasteiger partial charge in [0.05, 0.1) is 73.3 Å². The van der Waals surface area contributed by atoms with Crippen molar-refractivity contribution >= 4 is 75.9 Å². The van der Waals surface area contributed by atoms with Gasteiger partial charge in [-0.25, -0.2) is 24.9 Å². The van der Waals surface area contributed by atoms with Gasteiger partial charge in [0, 0.05) is 167 Å². The van der Waals surface area contributed by atoms with E-state index in [9.17, 15) is 0 Å². The second kappa shape index (κ2) is 31.7. The molecule has 12 aromatic heterocycles. The molecule has 22 rings (SSSR count). The maximum absolute atomic E-state index is 5.13. The summed E-state index contributed by atoms with van der Waals surface area (Å²) in [4.78, 5) is 65.3. The highest BCUT2D eigenvalue weighted by molar-refractivity contribution is 5.93. The Balaban J connectivity index is 0.000000114. The number of fused-ring (bicyclic) bond motifs is 7. The zero-order chi connectivity index (χ0) is 78.5. The minimum atomic E-state index is 0.670. The summed E-state index contributed by atoms with van der Waals surface area (Å²) in [7, 11) is 0. The number of hydrogen-bond acceptors (Lipinski definition) is 14. The second-order valence-electron chi connectivity index (χ2n) is 28.6. The third-order valence-corrected chi connectivity index (χ3v) is 21.1. The standard InChI is InChI=1S/C37H23N5.C34H22N4.C33H21N5/c1-2-4-31-23-40-34(19-26(31)3-1)24-5-7-25(8-6-24)37-41-35(29-9-11-32-21-38-15-13-27(32)17-29)20-36(42-37)30-10-12-33-22-39-16-14-28(33)18-30;1-2-16-35-30(7-1)24-10-8-23(9-11-24)29-21-33(27-12-14-31-25(19-27)5-3-17-36-31)38-34(22-29)28-13-15-32-26(20-28)6-4-18-37-32;1-2-16-34-28(7-1)22-8-10-23(11-9-22)31-21-32(26-12-14-29-24(19-26)5-3-17-35-29)38-33(37-31)27-13-15-30-25(20-27)6-4-18-36-30/h1-23H;1-22H;1-21H. The Kier molecular flexibility index (Phi) is 19.0. The summed E-state index contributed by atoms with van der Waals surface area (Å²) in [5, 5.41) is 11.0. The van der Waals surface area contributed by atoms with Crippen molar-refractivity contribution in [1.82, 2.24) is 69.8 Å². The lowest BCUT2D eigenvalue weighted by atomic mass is 9.97. The molecule has 0 radical (unpaired) electrons. The molecule has 0 saturated heterocycles. The van der Waals surface area contributed by atoms with E-state index in [-0.39, 0.29) is 0 Å². The first kappa shape index (κ1) is 70.8. The van der Waals surface area contributed by atoms with Gasteiger partial charge in [0.2, 0.25) is 0 Å². The molecule has 0 aliphatic heterocycles. The van der Waals surface area contributed by atoms with Crippen LogP contribution in [0, 0.1) is 0 Å². The fourth-order valence-corrected chi connectivity index (χ4v) is 14.9. The molecule has 118 heavy (non-hydrogen) atoms. The van der Waals surface area contributed by atoms with Crippen molar-refractivity contribution in [3.8, 4) is 135 Å². The van der Waals surface area contributed by atoms with Crippen LogP contribution >= 0.6 is 0 Å². The first-order chi connectivity index (χ1) is 58.4. The summed E-state index contributed by atoms with van der Waals surface area (Å²) in [5.41, 5.74) is 25.5. The summed E-state index contributed by atoms with van der Waals surface area (Å²) in [6.07, 6.45) is 20.2. The molecule has 22 aromatic rings. The zero-order valence-electron chi connectivity index (χ0n) is 63.4. The van der Waals surface area contributed by atoms with Crippen LogP contribution in [-0.2, 0) is 0 Å². The number of benzene rings is 10. The number of nitrogens with zero attached hydrogens (tertiary/aromatic N) is 14. The smallest absolute Gasteiger partial charge is 0.160 e. The number of rotatable bonds is 12. The van der Waals surface area contributed by atoms with Gasteiger partial charge in [-0.1, -0.05) is 176 Å². The number of aromatic nitrogens is 14.